The molecule has 0 spiro atoms. The predicted octanol–water partition coefficient (Wildman–Crippen LogP) is 3.96. The molecule has 0 unspecified atom stereocenters. The van der Waals surface area contributed by atoms with E-state index in [9.17, 15) is 9.18 Å². The molecule has 0 saturated heterocycles. The summed E-state index contributed by atoms with van der Waals surface area (Å²) in [6.07, 6.45) is 0.744. The first-order chi connectivity index (χ1) is 7.70. The Kier molecular flexibility index (Phi) is 3.02. The molecule has 0 bridgehead atoms. The molecule has 1 nitrogen and oxygen atoms in total. The van der Waals surface area contributed by atoms with Crippen LogP contribution in [0.2, 0.25) is 5.02 Å². The Morgan fingerprint density at radius 3 is 2.56 bits per heavy atom. The van der Waals surface area contributed by atoms with Gasteiger partial charge < -0.3 is 0 Å². The van der Waals surface area contributed by atoms with Gasteiger partial charge in [0.05, 0.1) is 0 Å². The van der Waals surface area contributed by atoms with Crippen LogP contribution in [0, 0.1) is 5.82 Å². The fourth-order valence-electron chi connectivity index (χ4n) is 1.57. The molecule has 0 amide bonds. The molecule has 0 aromatic heterocycles. The molecule has 0 aliphatic heterocycles. The second-order valence-electron chi connectivity index (χ2n) is 3.36. The highest BCUT2D eigenvalue weighted by Crippen LogP contribution is 2.26. The zero-order valence-electron chi connectivity index (χ0n) is 8.28. The highest BCUT2D eigenvalue weighted by Gasteiger charge is 2.06. The maximum Gasteiger partial charge on any atom is 0.150 e. The van der Waals surface area contributed by atoms with Gasteiger partial charge in [0.25, 0.3) is 0 Å². The Morgan fingerprint density at radius 1 is 1.12 bits per heavy atom. The average molecular weight is 235 g/mol. The van der Waals surface area contributed by atoms with E-state index in [0.717, 1.165) is 6.29 Å². The Morgan fingerprint density at radius 2 is 1.88 bits per heavy atom. The summed E-state index contributed by atoms with van der Waals surface area (Å²) in [6, 6.07) is 11.2. The number of rotatable bonds is 2. The van der Waals surface area contributed by atoms with Crippen LogP contribution in [0.5, 0.6) is 0 Å². The van der Waals surface area contributed by atoms with E-state index in [1.807, 2.05) is 0 Å². The van der Waals surface area contributed by atoms with Gasteiger partial charge in [0.1, 0.15) is 5.82 Å². The second-order valence-corrected chi connectivity index (χ2v) is 3.80. The largest absolute Gasteiger partial charge is 0.298 e. The van der Waals surface area contributed by atoms with Gasteiger partial charge >= 0.3 is 0 Å². The molecular weight excluding hydrogens is 227 g/mol. The summed E-state index contributed by atoms with van der Waals surface area (Å²) in [6.45, 7) is 0. The summed E-state index contributed by atoms with van der Waals surface area (Å²) >= 11 is 5.77. The van der Waals surface area contributed by atoms with Crippen LogP contribution in [0.3, 0.4) is 0 Å². The fraction of sp³-hybridized carbons (Fsp3) is 0. The Labute approximate surface area is 97.5 Å². The molecule has 2 rings (SSSR count). The molecule has 80 valence electrons. The Bertz CT molecular complexity index is 517. The normalized spacial score (nSPS) is 10.1. The number of carbonyl (C=O) groups is 1. The van der Waals surface area contributed by atoms with Gasteiger partial charge in [0, 0.05) is 10.6 Å². The Hall–Kier alpha value is -1.67. The standard InChI is InChI=1S/C13H8ClFO/c14-11-5-10(6-12(15)7-11)13-4-2-1-3-9(13)8-16/h1-8H. The zero-order chi connectivity index (χ0) is 11.5. The van der Waals surface area contributed by atoms with Crippen molar-refractivity contribution in [2.75, 3.05) is 0 Å². The van der Waals surface area contributed by atoms with Crippen molar-refractivity contribution in [3.8, 4) is 11.1 Å². The first-order valence-corrected chi connectivity index (χ1v) is 5.09. The van der Waals surface area contributed by atoms with Gasteiger partial charge in [0.2, 0.25) is 0 Å². The summed E-state index contributed by atoms with van der Waals surface area (Å²) < 4.78 is 13.2. The van der Waals surface area contributed by atoms with E-state index in [4.69, 9.17) is 11.6 Å². The second kappa shape index (κ2) is 4.45. The van der Waals surface area contributed by atoms with Crippen LogP contribution in [0.1, 0.15) is 10.4 Å². The van der Waals surface area contributed by atoms with Crippen molar-refractivity contribution in [2.45, 2.75) is 0 Å². The zero-order valence-corrected chi connectivity index (χ0v) is 9.04. The lowest BCUT2D eigenvalue weighted by molar-refractivity contribution is 0.112. The highest BCUT2D eigenvalue weighted by molar-refractivity contribution is 6.30. The van der Waals surface area contributed by atoms with Crippen molar-refractivity contribution in [1.29, 1.82) is 0 Å². The summed E-state index contributed by atoms with van der Waals surface area (Å²) in [5, 5.41) is 0.315. The van der Waals surface area contributed by atoms with Gasteiger partial charge in [-0.25, -0.2) is 4.39 Å². The van der Waals surface area contributed by atoms with Crippen LogP contribution >= 0.6 is 11.6 Å². The van der Waals surface area contributed by atoms with Crippen molar-refractivity contribution in [2.24, 2.45) is 0 Å². The first-order valence-electron chi connectivity index (χ1n) is 4.71. The monoisotopic (exact) mass is 234 g/mol. The van der Waals surface area contributed by atoms with E-state index < -0.39 is 5.82 Å². The maximum absolute atomic E-state index is 13.2. The van der Waals surface area contributed by atoms with Gasteiger partial charge in [-0.3, -0.25) is 4.79 Å². The van der Waals surface area contributed by atoms with E-state index in [0.29, 0.717) is 21.7 Å². The van der Waals surface area contributed by atoms with E-state index in [2.05, 4.69) is 0 Å². The van der Waals surface area contributed by atoms with E-state index >= 15 is 0 Å². The molecule has 0 fully saturated rings. The van der Waals surface area contributed by atoms with Crippen molar-refractivity contribution in [1.82, 2.24) is 0 Å². The van der Waals surface area contributed by atoms with Gasteiger partial charge in [-0.15, -0.1) is 0 Å². The molecule has 0 aliphatic carbocycles. The van der Waals surface area contributed by atoms with E-state index in [1.165, 1.54) is 12.1 Å². The summed E-state index contributed by atoms with van der Waals surface area (Å²) in [5.74, 6) is -0.414. The molecule has 0 radical (unpaired) electrons. The van der Waals surface area contributed by atoms with Crippen LogP contribution in [0.25, 0.3) is 11.1 Å². The molecule has 16 heavy (non-hydrogen) atoms. The summed E-state index contributed by atoms with van der Waals surface area (Å²) in [7, 11) is 0. The molecule has 0 heterocycles. The number of hydrogen-bond donors (Lipinski definition) is 0. The van der Waals surface area contributed by atoms with Gasteiger partial charge in [-0.1, -0.05) is 35.9 Å². The molecule has 2 aromatic rings. The highest BCUT2D eigenvalue weighted by atomic mass is 35.5. The number of carbonyl (C=O) groups excluding carboxylic acids is 1. The van der Waals surface area contributed by atoms with Crippen LogP contribution in [-0.2, 0) is 0 Å². The average Bonchev–Trinajstić information content (AvgIpc) is 2.27. The molecular formula is C13H8ClFO. The molecule has 0 saturated carbocycles. The first kappa shape index (κ1) is 10.8. The third-order valence-electron chi connectivity index (χ3n) is 2.26. The van der Waals surface area contributed by atoms with E-state index in [1.54, 1.807) is 30.3 Å². The quantitative estimate of drug-likeness (QED) is 0.719. The van der Waals surface area contributed by atoms with Gasteiger partial charge in [0.15, 0.2) is 6.29 Å². The smallest absolute Gasteiger partial charge is 0.150 e. The van der Waals surface area contributed by atoms with Gasteiger partial charge in [-0.2, -0.15) is 0 Å². The number of benzene rings is 2. The van der Waals surface area contributed by atoms with Gasteiger partial charge in [-0.05, 0) is 29.3 Å². The van der Waals surface area contributed by atoms with Crippen molar-refractivity contribution in [3.63, 3.8) is 0 Å². The molecule has 0 N–H and O–H groups in total. The summed E-state index contributed by atoms with van der Waals surface area (Å²) in [5.41, 5.74) is 1.80. The van der Waals surface area contributed by atoms with Crippen molar-refractivity contribution in [3.05, 3.63) is 58.9 Å². The van der Waals surface area contributed by atoms with Crippen LogP contribution in [0.4, 0.5) is 4.39 Å². The topological polar surface area (TPSA) is 17.1 Å². The van der Waals surface area contributed by atoms with Crippen LogP contribution < -0.4 is 0 Å². The molecule has 2 aromatic carbocycles. The SMILES string of the molecule is O=Cc1ccccc1-c1cc(F)cc(Cl)c1. The molecule has 0 atom stereocenters. The lowest BCUT2D eigenvalue weighted by Gasteiger charge is -2.05. The van der Waals surface area contributed by atoms with Crippen molar-refractivity contribution >= 4 is 17.9 Å². The number of hydrogen-bond acceptors (Lipinski definition) is 1. The van der Waals surface area contributed by atoms with Crippen LogP contribution in [-0.4, -0.2) is 6.29 Å². The minimum absolute atomic E-state index is 0.315. The number of aldehydes is 1. The fourth-order valence-corrected chi connectivity index (χ4v) is 1.79. The minimum atomic E-state index is -0.414. The molecule has 0 aliphatic rings. The lowest BCUT2D eigenvalue weighted by atomic mass is 10.0. The summed E-state index contributed by atoms with van der Waals surface area (Å²) in [4.78, 5) is 10.8. The van der Waals surface area contributed by atoms with E-state index in [-0.39, 0.29) is 0 Å². The van der Waals surface area contributed by atoms with Crippen LogP contribution in [0.15, 0.2) is 42.5 Å². The minimum Gasteiger partial charge on any atom is -0.298 e. The lowest BCUT2D eigenvalue weighted by Crippen LogP contribution is -1.88. The Balaban J connectivity index is 2.62. The number of halogens is 2. The predicted molar refractivity (Wildman–Crippen MR) is 62.2 cm³/mol. The third kappa shape index (κ3) is 2.12. The maximum atomic E-state index is 13.2. The van der Waals surface area contributed by atoms with Crippen molar-refractivity contribution < 1.29 is 9.18 Å². The third-order valence-corrected chi connectivity index (χ3v) is 2.48. The molecule has 3 heteroatoms.